The molecule has 0 amide bonds. The molecule has 2 aromatic carbocycles. The Morgan fingerprint density at radius 2 is 1.00 bits per heavy atom. The third-order valence-electron chi connectivity index (χ3n) is 5.04. The molecular formula is C21H26N4O4S2. The highest BCUT2D eigenvalue weighted by atomic mass is 32.2. The van der Waals surface area contributed by atoms with E-state index in [4.69, 9.17) is 0 Å². The number of amidine groups is 2. The third-order valence-corrected chi connectivity index (χ3v) is 7.78. The highest BCUT2D eigenvalue weighted by molar-refractivity contribution is 7.90. The smallest absolute Gasteiger partial charge is 0.283 e. The Bertz CT molecular complexity index is 1120. The summed E-state index contributed by atoms with van der Waals surface area (Å²) in [5.74, 6) is 0.689. The minimum Gasteiger partial charge on any atom is -0.340 e. The molecule has 3 rings (SSSR count). The van der Waals surface area contributed by atoms with Crippen molar-refractivity contribution in [2.24, 2.45) is 8.80 Å². The van der Waals surface area contributed by atoms with E-state index in [1.54, 1.807) is 47.9 Å². The molecule has 31 heavy (non-hydrogen) atoms. The molecule has 0 bridgehead atoms. The summed E-state index contributed by atoms with van der Waals surface area (Å²) in [6.45, 7) is 8.35. The Morgan fingerprint density at radius 3 is 1.32 bits per heavy atom. The summed E-state index contributed by atoms with van der Waals surface area (Å²) in [5.41, 5.74) is 1.93. The number of rotatable bonds is 4. The Morgan fingerprint density at radius 1 is 0.677 bits per heavy atom. The zero-order chi connectivity index (χ0) is 22.8. The molecule has 1 fully saturated rings. The van der Waals surface area contributed by atoms with Crippen molar-refractivity contribution in [2.75, 3.05) is 19.8 Å². The van der Waals surface area contributed by atoms with Gasteiger partial charge in [0.1, 0.15) is 11.7 Å². The molecule has 10 heteroatoms. The molecule has 0 unspecified atom stereocenters. The lowest BCUT2D eigenvalue weighted by Crippen LogP contribution is -2.32. The Labute approximate surface area is 184 Å². The molecule has 0 spiro atoms. The van der Waals surface area contributed by atoms with Crippen LogP contribution in [0.4, 0.5) is 0 Å². The van der Waals surface area contributed by atoms with Crippen molar-refractivity contribution in [1.82, 2.24) is 9.80 Å². The highest BCUT2D eigenvalue weighted by Gasteiger charge is 2.25. The number of hydrogen-bond acceptors (Lipinski definition) is 4. The van der Waals surface area contributed by atoms with Crippen molar-refractivity contribution in [3.63, 3.8) is 0 Å². The summed E-state index contributed by atoms with van der Waals surface area (Å²) >= 11 is 0. The second kappa shape index (κ2) is 8.80. The first kappa shape index (κ1) is 23.0. The molecule has 1 heterocycles. The van der Waals surface area contributed by atoms with Gasteiger partial charge < -0.3 is 9.80 Å². The lowest BCUT2D eigenvalue weighted by Gasteiger charge is -2.20. The fourth-order valence-electron chi connectivity index (χ4n) is 3.11. The largest absolute Gasteiger partial charge is 0.340 e. The van der Waals surface area contributed by atoms with E-state index in [-0.39, 0.29) is 9.79 Å². The second-order valence-electron chi connectivity index (χ2n) is 7.52. The molecule has 0 atom stereocenters. The van der Waals surface area contributed by atoms with Crippen LogP contribution in [0.25, 0.3) is 0 Å². The number of aryl methyl sites for hydroxylation is 2. The molecule has 1 aliphatic heterocycles. The SMILES string of the molecule is C/C(=N\S(=O)(=O)c1ccc(C)cc1)N1CCN(/C(C)=N/S(=O)(=O)c2ccc(C)cc2)C1. The van der Waals surface area contributed by atoms with Crippen molar-refractivity contribution in [3.8, 4) is 0 Å². The average molecular weight is 463 g/mol. The monoisotopic (exact) mass is 462 g/mol. The maximum Gasteiger partial charge on any atom is 0.283 e. The molecule has 1 saturated heterocycles. The Balaban J connectivity index is 1.74. The van der Waals surface area contributed by atoms with Crippen LogP contribution < -0.4 is 0 Å². The highest BCUT2D eigenvalue weighted by Crippen LogP contribution is 2.17. The van der Waals surface area contributed by atoms with Crippen molar-refractivity contribution < 1.29 is 16.8 Å². The molecule has 1 aliphatic rings. The number of benzene rings is 2. The first-order valence-electron chi connectivity index (χ1n) is 9.74. The quantitative estimate of drug-likeness (QED) is 0.512. The topological polar surface area (TPSA) is 99.5 Å². The van der Waals surface area contributed by atoms with Crippen LogP contribution in [0.1, 0.15) is 25.0 Å². The van der Waals surface area contributed by atoms with Gasteiger partial charge in [-0.3, -0.25) is 0 Å². The maximum absolute atomic E-state index is 12.6. The standard InChI is InChI=1S/C21H26N4O4S2/c1-16-5-9-20(10-6-16)30(26,27)22-18(3)24-13-14-25(15-24)19(4)23-31(28,29)21-11-7-17(2)8-12-21/h5-12H,13-15H2,1-4H3/b22-18+,23-19+. The zero-order valence-electron chi connectivity index (χ0n) is 18.0. The van der Waals surface area contributed by atoms with E-state index in [1.165, 1.54) is 24.3 Å². The van der Waals surface area contributed by atoms with Gasteiger partial charge in [0.25, 0.3) is 20.0 Å². The van der Waals surface area contributed by atoms with Crippen LogP contribution in [0.15, 0.2) is 67.1 Å². The number of nitrogens with zero attached hydrogens (tertiary/aromatic N) is 4. The van der Waals surface area contributed by atoms with E-state index in [0.717, 1.165) is 11.1 Å². The summed E-state index contributed by atoms with van der Waals surface area (Å²) in [7, 11) is -7.64. The molecule has 0 aliphatic carbocycles. The molecule has 0 saturated carbocycles. The van der Waals surface area contributed by atoms with E-state index < -0.39 is 20.0 Å². The van der Waals surface area contributed by atoms with Crippen LogP contribution in [0.5, 0.6) is 0 Å². The van der Waals surface area contributed by atoms with Crippen molar-refractivity contribution in [3.05, 3.63) is 59.7 Å². The van der Waals surface area contributed by atoms with Crippen LogP contribution in [0.3, 0.4) is 0 Å². The van der Waals surface area contributed by atoms with Gasteiger partial charge in [-0.05, 0) is 52.0 Å². The van der Waals surface area contributed by atoms with Crippen LogP contribution in [-0.2, 0) is 20.0 Å². The minimum absolute atomic E-state index is 0.135. The molecule has 8 nitrogen and oxygen atoms in total. The van der Waals surface area contributed by atoms with Gasteiger partial charge in [-0.25, -0.2) is 0 Å². The van der Waals surface area contributed by atoms with E-state index in [0.29, 0.717) is 31.4 Å². The normalized spacial score (nSPS) is 16.1. The van der Waals surface area contributed by atoms with Crippen molar-refractivity contribution in [1.29, 1.82) is 0 Å². The summed E-state index contributed by atoms with van der Waals surface area (Å²) < 4.78 is 58.1. The van der Waals surface area contributed by atoms with E-state index in [9.17, 15) is 16.8 Å². The van der Waals surface area contributed by atoms with Gasteiger partial charge in [0.2, 0.25) is 0 Å². The Hall–Kier alpha value is -2.72. The summed E-state index contributed by atoms with van der Waals surface area (Å²) in [6.07, 6.45) is 0. The summed E-state index contributed by atoms with van der Waals surface area (Å²) in [5, 5.41) is 0. The fraction of sp³-hybridized carbons (Fsp3) is 0.333. The summed E-state index contributed by atoms with van der Waals surface area (Å²) in [6, 6.07) is 13.0. The van der Waals surface area contributed by atoms with Crippen molar-refractivity contribution in [2.45, 2.75) is 37.5 Å². The van der Waals surface area contributed by atoms with Crippen molar-refractivity contribution >= 4 is 31.7 Å². The molecule has 166 valence electrons. The molecular weight excluding hydrogens is 436 g/mol. The third kappa shape index (κ3) is 5.50. The van der Waals surface area contributed by atoms with E-state index in [2.05, 4.69) is 8.80 Å². The van der Waals surface area contributed by atoms with Gasteiger partial charge >= 0.3 is 0 Å². The second-order valence-corrected chi connectivity index (χ2v) is 10.7. The van der Waals surface area contributed by atoms with Gasteiger partial charge in [-0.15, -0.1) is 8.80 Å². The predicted octanol–water partition coefficient (Wildman–Crippen LogP) is 2.79. The van der Waals surface area contributed by atoms with Crippen LogP contribution in [-0.4, -0.2) is 58.1 Å². The van der Waals surface area contributed by atoms with Gasteiger partial charge in [-0.2, -0.15) is 16.8 Å². The van der Waals surface area contributed by atoms with Gasteiger partial charge in [0.05, 0.1) is 16.5 Å². The van der Waals surface area contributed by atoms with E-state index in [1.807, 2.05) is 13.8 Å². The number of hydrogen-bond donors (Lipinski definition) is 0. The van der Waals surface area contributed by atoms with Crippen LogP contribution >= 0.6 is 0 Å². The zero-order valence-corrected chi connectivity index (χ0v) is 19.6. The number of sulfonamides is 2. The minimum atomic E-state index is -3.82. The Kier molecular flexibility index (Phi) is 6.51. The predicted molar refractivity (Wildman–Crippen MR) is 121 cm³/mol. The lowest BCUT2D eigenvalue weighted by atomic mass is 10.2. The maximum atomic E-state index is 12.6. The van der Waals surface area contributed by atoms with Gasteiger partial charge in [0, 0.05) is 13.1 Å². The van der Waals surface area contributed by atoms with E-state index >= 15 is 0 Å². The molecule has 0 N–H and O–H groups in total. The van der Waals surface area contributed by atoms with Gasteiger partial charge in [-0.1, -0.05) is 35.4 Å². The molecule has 0 radical (unpaired) electrons. The fourth-order valence-corrected chi connectivity index (χ4v) is 5.20. The molecule has 2 aromatic rings. The van der Waals surface area contributed by atoms with Gasteiger partial charge in [0.15, 0.2) is 0 Å². The summed E-state index contributed by atoms with van der Waals surface area (Å²) in [4.78, 5) is 3.83. The lowest BCUT2D eigenvalue weighted by molar-refractivity contribution is 0.421. The van der Waals surface area contributed by atoms with Crippen LogP contribution in [0, 0.1) is 13.8 Å². The first-order valence-corrected chi connectivity index (χ1v) is 12.6. The van der Waals surface area contributed by atoms with Crippen LogP contribution in [0.2, 0.25) is 0 Å². The average Bonchev–Trinajstić information content (AvgIpc) is 3.19. The molecule has 0 aromatic heterocycles. The first-order chi connectivity index (χ1) is 14.5.